The fraction of sp³-hybridized carbons (Fsp3) is 0.667. The summed E-state index contributed by atoms with van der Waals surface area (Å²) < 4.78 is 0. The van der Waals surface area contributed by atoms with Crippen molar-refractivity contribution >= 4 is 11.9 Å². The first-order chi connectivity index (χ1) is 14.0. The third kappa shape index (κ3) is 12.9. The summed E-state index contributed by atoms with van der Waals surface area (Å²) in [5, 5.41) is 21.3. The molecule has 0 bridgehead atoms. The van der Waals surface area contributed by atoms with Crippen molar-refractivity contribution in [3.8, 4) is 5.75 Å². The molecule has 0 fully saturated rings. The number of amides is 1. The topological polar surface area (TPSA) is 86.6 Å². The number of benzene rings is 1. The van der Waals surface area contributed by atoms with Crippen LogP contribution in [0.1, 0.15) is 96.0 Å². The molecule has 3 N–H and O–H groups in total. The summed E-state index contributed by atoms with van der Waals surface area (Å²) >= 11 is 0. The highest BCUT2D eigenvalue weighted by atomic mass is 16.4. The largest absolute Gasteiger partial charge is 0.508 e. The van der Waals surface area contributed by atoms with E-state index in [1.54, 1.807) is 12.1 Å². The van der Waals surface area contributed by atoms with Gasteiger partial charge in [-0.25, -0.2) is 4.79 Å². The van der Waals surface area contributed by atoms with Crippen molar-refractivity contribution in [3.05, 3.63) is 29.8 Å². The van der Waals surface area contributed by atoms with Gasteiger partial charge in [0, 0.05) is 12.8 Å². The molecule has 0 unspecified atom stereocenters. The highest BCUT2D eigenvalue weighted by molar-refractivity contribution is 5.83. The number of aromatic hydroxyl groups is 1. The average molecular weight is 406 g/mol. The Morgan fingerprint density at radius 3 is 1.79 bits per heavy atom. The van der Waals surface area contributed by atoms with Gasteiger partial charge in [-0.2, -0.15) is 0 Å². The van der Waals surface area contributed by atoms with Crippen LogP contribution >= 0.6 is 0 Å². The SMILES string of the molecule is CCCCCCCCCCCCCCC(=O)N[C@H](Cc1ccc(O)cc1)C(=O)O. The Morgan fingerprint density at radius 2 is 1.31 bits per heavy atom. The molecule has 1 atom stereocenters. The van der Waals surface area contributed by atoms with Gasteiger partial charge in [0.25, 0.3) is 0 Å². The average Bonchev–Trinajstić information content (AvgIpc) is 2.70. The Hall–Kier alpha value is -2.04. The molecular formula is C24H39NO4. The van der Waals surface area contributed by atoms with Gasteiger partial charge < -0.3 is 15.5 Å². The highest BCUT2D eigenvalue weighted by Crippen LogP contribution is 2.13. The lowest BCUT2D eigenvalue weighted by molar-refractivity contribution is -0.141. The summed E-state index contributed by atoms with van der Waals surface area (Å²) in [5.74, 6) is -1.11. The maximum atomic E-state index is 12.1. The lowest BCUT2D eigenvalue weighted by Gasteiger charge is -2.14. The van der Waals surface area contributed by atoms with Gasteiger partial charge in [-0.1, -0.05) is 89.7 Å². The minimum absolute atomic E-state index is 0.136. The van der Waals surface area contributed by atoms with Crippen LogP contribution in [0.2, 0.25) is 0 Å². The van der Waals surface area contributed by atoms with E-state index in [9.17, 15) is 19.8 Å². The van der Waals surface area contributed by atoms with Gasteiger partial charge in [0.2, 0.25) is 5.91 Å². The van der Waals surface area contributed by atoms with Crippen molar-refractivity contribution in [3.63, 3.8) is 0 Å². The van der Waals surface area contributed by atoms with Crippen molar-refractivity contribution in [2.24, 2.45) is 0 Å². The van der Waals surface area contributed by atoms with Gasteiger partial charge in [0.1, 0.15) is 11.8 Å². The Labute approximate surface area is 175 Å². The number of carboxylic acid groups (broad SMARTS) is 1. The molecule has 0 saturated carbocycles. The van der Waals surface area contributed by atoms with Gasteiger partial charge in [-0.15, -0.1) is 0 Å². The van der Waals surface area contributed by atoms with E-state index in [2.05, 4.69) is 12.2 Å². The minimum atomic E-state index is -1.04. The van der Waals surface area contributed by atoms with E-state index < -0.39 is 12.0 Å². The fourth-order valence-corrected chi connectivity index (χ4v) is 3.46. The third-order valence-corrected chi connectivity index (χ3v) is 5.27. The second-order valence-electron chi connectivity index (χ2n) is 7.97. The van der Waals surface area contributed by atoms with Crippen molar-refractivity contribution in [2.45, 2.75) is 103 Å². The Balaban J connectivity index is 2.08. The standard InChI is InChI=1S/C24H39NO4/c1-2-3-4-5-6-7-8-9-10-11-12-13-14-23(27)25-22(24(28)29)19-20-15-17-21(26)18-16-20/h15-18,22,26H,2-14,19H2,1H3,(H,25,27)(H,28,29)/t22-/m1/s1. The van der Waals surface area contributed by atoms with Crippen LogP contribution in [-0.4, -0.2) is 28.1 Å². The van der Waals surface area contributed by atoms with Gasteiger partial charge >= 0.3 is 5.97 Å². The summed E-state index contributed by atoms with van der Waals surface area (Å²) in [7, 11) is 0. The van der Waals surface area contributed by atoms with Crippen LogP contribution in [0.3, 0.4) is 0 Å². The van der Waals surface area contributed by atoms with Gasteiger partial charge in [-0.05, 0) is 24.1 Å². The lowest BCUT2D eigenvalue weighted by Crippen LogP contribution is -2.42. The Kier molecular flexibility index (Phi) is 13.6. The quantitative estimate of drug-likeness (QED) is 0.295. The number of carboxylic acids is 1. The maximum Gasteiger partial charge on any atom is 0.326 e. The Bertz CT molecular complexity index is 571. The molecule has 0 aliphatic carbocycles. The first kappa shape index (κ1) is 25.0. The number of phenolic OH excluding ortho intramolecular Hbond substituents is 1. The summed E-state index contributed by atoms with van der Waals surface area (Å²) in [6.45, 7) is 2.24. The second kappa shape index (κ2) is 15.8. The van der Waals surface area contributed by atoms with E-state index in [0.29, 0.717) is 6.42 Å². The molecule has 1 aromatic rings. The third-order valence-electron chi connectivity index (χ3n) is 5.27. The first-order valence-corrected chi connectivity index (χ1v) is 11.3. The van der Waals surface area contributed by atoms with Gasteiger partial charge in [0.05, 0.1) is 0 Å². The molecule has 0 spiro atoms. The number of rotatable bonds is 17. The fourth-order valence-electron chi connectivity index (χ4n) is 3.46. The van der Waals surface area contributed by atoms with Crippen LogP contribution < -0.4 is 5.32 Å². The highest BCUT2D eigenvalue weighted by Gasteiger charge is 2.20. The molecule has 1 aromatic carbocycles. The van der Waals surface area contributed by atoms with E-state index in [-0.39, 0.29) is 18.1 Å². The van der Waals surface area contributed by atoms with Crippen molar-refractivity contribution in [1.29, 1.82) is 0 Å². The second-order valence-corrected chi connectivity index (χ2v) is 7.97. The first-order valence-electron chi connectivity index (χ1n) is 11.3. The normalized spacial score (nSPS) is 11.9. The molecule has 0 aliphatic heterocycles. The van der Waals surface area contributed by atoms with Crippen LogP contribution in [0.4, 0.5) is 0 Å². The number of hydrogen-bond donors (Lipinski definition) is 3. The number of carbonyl (C=O) groups is 2. The number of nitrogens with one attached hydrogen (secondary N) is 1. The van der Waals surface area contributed by atoms with Gasteiger partial charge in [0.15, 0.2) is 0 Å². The van der Waals surface area contributed by atoms with E-state index in [1.165, 1.54) is 69.9 Å². The van der Waals surface area contributed by atoms with Crippen LogP contribution in [-0.2, 0) is 16.0 Å². The smallest absolute Gasteiger partial charge is 0.326 e. The molecule has 0 aromatic heterocycles. The van der Waals surface area contributed by atoms with Crippen LogP contribution in [0, 0.1) is 0 Å². The van der Waals surface area contributed by atoms with E-state index in [4.69, 9.17) is 0 Å². The van der Waals surface area contributed by atoms with Crippen molar-refractivity contribution < 1.29 is 19.8 Å². The summed E-state index contributed by atoms with van der Waals surface area (Å²) in [6, 6.07) is 5.43. The van der Waals surface area contributed by atoms with E-state index in [1.807, 2.05) is 0 Å². The lowest BCUT2D eigenvalue weighted by atomic mass is 10.0. The molecule has 0 radical (unpaired) electrons. The zero-order chi connectivity index (χ0) is 21.3. The van der Waals surface area contributed by atoms with Crippen molar-refractivity contribution in [1.82, 2.24) is 5.32 Å². The predicted molar refractivity (Wildman–Crippen MR) is 117 cm³/mol. The predicted octanol–water partition coefficient (Wildman–Crippen LogP) is 5.60. The zero-order valence-corrected chi connectivity index (χ0v) is 18.0. The number of aliphatic carboxylic acids is 1. The molecular weight excluding hydrogens is 366 g/mol. The van der Waals surface area contributed by atoms with E-state index in [0.717, 1.165) is 24.8 Å². The minimum Gasteiger partial charge on any atom is -0.508 e. The summed E-state index contributed by atoms with van der Waals surface area (Å²) in [5.41, 5.74) is 0.765. The van der Waals surface area contributed by atoms with Gasteiger partial charge in [-0.3, -0.25) is 4.79 Å². The molecule has 164 valence electrons. The zero-order valence-electron chi connectivity index (χ0n) is 18.0. The van der Waals surface area contributed by atoms with Crippen molar-refractivity contribution in [2.75, 3.05) is 0 Å². The van der Waals surface area contributed by atoms with E-state index >= 15 is 0 Å². The van der Waals surface area contributed by atoms with Crippen LogP contribution in [0.25, 0.3) is 0 Å². The molecule has 1 rings (SSSR count). The van der Waals surface area contributed by atoms with Crippen LogP contribution in [0.5, 0.6) is 5.75 Å². The van der Waals surface area contributed by atoms with Crippen LogP contribution in [0.15, 0.2) is 24.3 Å². The molecule has 29 heavy (non-hydrogen) atoms. The molecule has 0 heterocycles. The number of hydrogen-bond acceptors (Lipinski definition) is 3. The number of phenols is 1. The monoisotopic (exact) mass is 405 g/mol. The molecule has 1 amide bonds. The maximum absolute atomic E-state index is 12.1. The molecule has 0 aliphatic rings. The summed E-state index contributed by atoms with van der Waals surface area (Å²) in [6.07, 6.45) is 15.4. The number of carbonyl (C=O) groups excluding carboxylic acids is 1. The molecule has 5 nitrogen and oxygen atoms in total. The summed E-state index contributed by atoms with van der Waals surface area (Å²) in [4.78, 5) is 23.5. The molecule has 0 saturated heterocycles. The Morgan fingerprint density at radius 1 is 0.828 bits per heavy atom. The molecule has 5 heteroatoms. The number of unbranched alkanes of at least 4 members (excludes halogenated alkanes) is 11.